The summed E-state index contributed by atoms with van der Waals surface area (Å²) in [7, 11) is 0. The molecule has 0 aliphatic rings. The highest BCUT2D eigenvalue weighted by molar-refractivity contribution is 5.58. The predicted molar refractivity (Wildman–Crippen MR) is 154 cm³/mol. The molecule has 0 fully saturated rings. The minimum absolute atomic E-state index is 0.102. The summed E-state index contributed by atoms with van der Waals surface area (Å²) in [5.41, 5.74) is 9.97. The minimum Gasteiger partial charge on any atom is -0.398 e. The summed E-state index contributed by atoms with van der Waals surface area (Å²) in [4.78, 5) is 0. The molecule has 0 radical (unpaired) electrons. The maximum Gasteiger partial charge on any atom is 0.382 e. The highest BCUT2D eigenvalue weighted by Crippen LogP contribution is 2.59. The van der Waals surface area contributed by atoms with Crippen LogP contribution in [0.4, 0.5) is 46.5 Å². The molecular weight excluding hydrogens is 564 g/mol. The SMILES string of the molecule is CCCCc1cc(C(F)(F)C(F)(F)C(F)(F)C(F)(F)c2cc(CCCC)c(N)c(CCCC)c2)cc(CCCC)c1N. The van der Waals surface area contributed by atoms with E-state index in [2.05, 4.69) is 0 Å². The lowest BCUT2D eigenvalue weighted by Gasteiger charge is -2.37. The third-order valence-electron chi connectivity index (χ3n) is 7.81. The summed E-state index contributed by atoms with van der Waals surface area (Å²) in [6, 6.07) is 2.60. The first-order chi connectivity index (χ1) is 19.5. The van der Waals surface area contributed by atoms with Crippen LogP contribution in [-0.2, 0) is 37.5 Å². The fraction of sp³-hybridized carbons (Fsp3) is 0.625. The molecule has 2 aromatic rings. The van der Waals surface area contributed by atoms with Gasteiger partial charge in [0.15, 0.2) is 0 Å². The zero-order valence-electron chi connectivity index (χ0n) is 25.0. The lowest BCUT2D eigenvalue weighted by Crippen LogP contribution is -2.59. The van der Waals surface area contributed by atoms with Crippen molar-refractivity contribution < 1.29 is 35.1 Å². The fourth-order valence-electron chi connectivity index (χ4n) is 4.97. The van der Waals surface area contributed by atoms with Crippen LogP contribution in [0.25, 0.3) is 0 Å². The Balaban J connectivity index is 2.69. The average molecular weight is 609 g/mol. The van der Waals surface area contributed by atoms with Crippen molar-refractivity contribution in [1.29, 1.82) is 0 Å². The van der Waals surface area contributed by atoms with Gasteiger partial charge in [0.2, 0.25) is 0 Å². The summed E-state index contributed by atoms with van der Waals surface area (Å²) < 4.78 is 124. The van der Waals surface area contributed by atoms with Crippen molar-refractivity contribution in [2.45, 2.75) is 128 Å². The molecule has 0 saturated heterocycles. The summed E-state index contributed by atoms with van der Waals surface area (Å²) in [5, 5.41) is 0. The molecule has 0 aliphatic heterocycles. The first-order valence-corrected chi connectivity index (χ1v) is 14.9. The van der Waals surface area contributed by atoms with Gasteiger partial charge in [0, 0.05) is 22.5 Å². The molecule has 0 bridgehead atoms. The van der Waals surface area contributed by atoms with E-state index in [0.29, 0.717) is 75.6 Å². The van der Waals surface area contributed by atoms with E-state index < -0.39 is 34.8 Å². The molecular formula is C32H44F8N2. The van der Waals surface area contributed by atoms with Gasteiger partial charge in [-0.25, -0.2) is 0 Å². The van der Waals surface area contributed by atoms with Crippen molar-refractivity contribution in [3.63, 3.8) is 0 Å². The van der Waals surface area contributed by atoms with Crippen LogP contribution in [0.3, 0.4) is 0 Å². The van der Waals surface area contributed by atoms with Crippen molar-refractivity contribution in [3.8, 4) is 0 Å². The average Bonchev–Trinajstić information content (AvgIpc) is 2.94. The molecule has 0 aliphatic carbocycles. The first-order valence-electron chi connectivity index (χ1n) is 14.9. The Morgan fingerprint density at radius 3 is 0.857 bits per heavy atom. The zero-order valence-corrected chi connectivity index (χ0v) is 25.0. The number of unbranched alkanes of at least 4 members (excludes halogenated alkanes) is 4. The Bertz CT molecular complexity index is 1030. The molecule has 0 heterocycles. The third-order valence-corrected chi connectivity index (χ3v) is 7.81. The van der Waals surface area contributed by atoms with Crippen molar-refractivity contribution >= 4 is 11.4 Å². The third kappa shape index (κ3) is 6.99. The lowest BCUT2D eigenvalue weighted by atomic mass is 9.86. The maximum absolute atomic E-state index is 15.5. The minimum atomic E-state index is -6.46. The monoisotopic (exact) mass is 608 g/mol. The van der Waals surface area contributed by atoms with Gasteiger partial charge in [-0.3, -0.25) is 0 Å². The smallest absolute Gasteiger partial charge is 0.382 e. The van der Waals surface area contributed by atoms with Gasteiger partial charge < -0.3 is 11.5 Å². The van der Waals surface area contributed by atoms with Gasteiger partial charge in [-0.05, 0) is 97.9 Å². The van der Waals surface area contributed by atoms with Crippen LogP contribution in [-0.4, -0.2) is 11.8 Å². The van der Waals surface area contributed by atoms with E-state index in [9.17, 15) is 0 Å². The second kappa shape index (κ2) is 14.3. The Morgan fingerprint density at radius 2 is 0.667 bits per heavy atom. The van der Waals surface area contributed by atoms with E-state index in [1.54, 1.807) is 0 Å². The van der Waals surface area contributed by atoms with Crippen molar-refractivity contribution in [2.75, 3.05) is 11.5 Å². The van der Waals surface area contributed by atoms with E-state index >= 15 is 35.1 Å². The Morgan fingerprint density at radius 1 is 0.452 bits per heavy atom. The molecule has 0 amide bonds. The maximum atomic E-state index is 15.5. The number of nitrogen functional groups attached to an aromatic ring is 2. The molecule has 0 atom stereocenters. The number of anilines is 2. The number of halogens is 8. The largest absolute Gasteiger partial charge is 0.398 e. The molecule has 2 rings (SSSR count). The number of benzene rings is 2. The fourth-order valence-corrected chi connectivity index (χ4v) is 4.97. The van der Waals surface area contributed by atoms with Crippen molar-refractivity contribution in [1.82, 2.24) is 0 Å². The Hall–Kier alpha value is -2.52. The highest BCUT2D eigenvalue weighted by atomic mass is 19.4. The second-order valence-corrected chi connectivity index (χ2v) is 11.1. The molecule has 0 unspecified atom stereocenters. The molecule has 42 heavy (non-hydrogen) atoms. The molecule has 0 aromatic heterocycles. The zero-order chi connectivity index (χ0) is 31.9. The molecule has 238 valence electrons. The Kier molecular flexibility index (Phi) is 12.1. The van der Waals surface area contributed by atoms with Crippen LogP contribution in [0, 0.1) is 0 Å². The predicted octanol–water partition coefficient (Wildman–Crippen LogP) is 10.4. The number of nitrogens with two attached hydrogens (primary N) is 2. The van der Waals surface area contributed by atoms with Gasteiger partial charge >= 0.3 is 23.7 Å². The molecule has 2 aromatic carbocycles. The van der Waals surface area contributed by atoms with Crippen molar-refractivity contribution in [2.24, 2.45) is 0 Å². The normalized spacial score (nSPS) is 13.1. The first kappa shape index (κ1) is 35.7. The molecule has 0 saturated carbocycles. The van der Waals surface area contributed by atoms with E-state index in [-0.39, 0.29) is 59.3 Å². The molecule has 2 nitrogen and oxygen atoms in total. The summed E-state index contributed by atoms with van der Waals surface area (Å²) in [5.74, 6) is -24.2. The standard InChI is InChI=1S/C32H44F8N2/c1-5-9-13-21-17-25(18-22(27(21)41)14-10-6-2)29(33,34)31(37,38)32(39,40)30(35,36)26-19-23(15-11-7-3)28(42)24(20-26)16-12-8-4/h17-20H,5-16,41-42H2,1-4H3. The topological polar surface area (TPSA) is 52.0 Å². The van der Waals surface area contributed by atoms with E-state index in [1.807, 2.05) is 27.7 Å². The van der Waals surface area contributed by atoms with E-state index in [4.69, 9.17) is 11.5 Å². The van der Waals surface area contributed by atoms with E-state index in [1.165, 1.54) is 0 Å². The summed E-state index contributed by atoms with van der Waals surface area (Å²) in [6.45, 7) is 7.29. The van der Waals surface area contributed by atoms with Gasteiger partial charge in [-0.2, -0.15) is 35.1 Å². The van der Waals surface area contributed by atoms with Crippen LogP contribution in [0.15, 0.2) is 24.3 Å². The van der Waals surface area contributed by atoms with Crippen LogP contribution >= 0.6 is 0 Å². The number of alkyl halides is 8. The van der Waals surface area contributed by atoms with Gasteiger partial charge in [0.1, 0.15) is 0 Å². The number of aryl methyl sites for hydroxylation is 4. The van der Waals surface area contributed by atoms with Crippen LogP contribution in [0.1, 0.15) is 112 Å². The van der Waals surface area contributed by atoms with Gasteiger partial charge in [0.25, 0.3) is 0 Å². The molecule has 0 spiro atoms. The highest BCUT2D eigenvalue weighted by Gasteiger charge is 2.81. The molecule has 10 heteroatoms. The summed E-state index contributed by atoms with van der Waals surface area (Å²) in [6.07, 6.45) is 5.05. The Labute approximate surface area is 244 Å². The quantitative estimate of drug-likeness (QED) is 0.139. The van der Waals surface area contributed by atoms with Crippen molar-refractivity contribution in [3.05, 3.63) is 57.6 Å². The van der Waals surface area contributed by atoms with Gasteiger partial charge in [-0.15, -0.1) is 0 Å². The lowest BCUT2D eigenvalue weighted by molar-refractivity contribution is -0.374. The summed E-state index contributed by atoms with van der Waals surface area (Å²) >= 11 is 0. The van der Waals surface area contributed by atoms with Crippen LogP contribution < -0.4 is 11.5 Å². The number of hydrogen-bond donors (Lipinski definition) is 2. The number of rotatable bonds is 17. The van der Waals surface area contributed by atoms with Crippen LogP contribution in [0.2, 0.25) is 0 Å². The van der Waals surface area contributed by atoms with Gasteiger partial charge in [-0.1, -0.05) is 53.4 Å². The second-order valence-electron chi connectivity index (χ2n) is 11.1. The number of hydrogen-bond acceptors (Lipinski definition) is 2. The molecule has 4 N–H and O–H groups in total. The van der Waals surface area contributed by atoms with Crippen LogP contribution in [0.5, 0.6) is 0 Å². The van der Waals surface area contributed by atoms with E-state index in [0.717, 1.165) is 0 Å². The van der Waals surface area contributed by atoms with Gasteiger partial charge in [0.05, 0.1) is 0 Å².